The summed E-state index contributed by atoms with van der Waals surface area (Å²) in [7, 11) is 0. The summed E-state index contributed by atoms with van der Waals surface area (Å²) in [4.78, 5) is 11.4. The number of nitrogens with zero attached hydrogens (tertiary/aromatic N) is 3. The third-order valence-corrected chi connectivity index (χ3v) is 3.78. The zero-order chi connectivity index (χ0) is 13.2. The lowest BCUT2D eigenvalue weighted by Gasteiger charge is -2.36. The van der Waals surface area contributed by atoms with Crippen LogP contribution in [0.5, 0.6) is 0 Å². The topological polar surface area (TPSA) is 41.1 Å². The van der Waals surface area contributed by atoms with Crippen LogP contribution in [0.2, 0.25) is 0 Å². The van der Waals surface area contributed by atoms with E-state index in [1.54, 1.807) is 6.20 Å². The lowest BCUT2D eigenvalue weighted by molar-refractivity contribution is 0.367. The molecule has 1 aliphatic heterocycles. The van der Waals surface area contributed by atoms with Crippen LogP contribution in [-0.4, -0.2) is 35.6 Å². The highest BCUT2D eigenvalue weighted by Gasteiger charge is 2.22. The fourth-order valence-electron chi connectivity index (χ4n) is 2.55. The number of piperazine rings is 1. The minimum Gasteiger partial charge on any atom is -0.354 e. The molecule has 4 nitrogen and oxygen atoms in total. The molecule has 0 amide bonds. The van der Waals surface area contributed by atoms with Crippen molar-refractivity contribution in [1.82, 2.24) is 15.3 Å². The van der Waals surface area contributed by atoms with Gasteiger partial charge < -0.3 is 10.2 Å². The van der Waals surface area contributed by atoms with Crippen molar-refractivity contribution >= 4 is 16.9 Å². The molecule has 4 heteroatoms. The van der Waals surface area contributed by atoms with E-state index in [0.29, 0.717) is 12.0 Å². The van der Waals surface area contributed by atoms with E-state index in [1.807, 2.05) is 12.1 Å². The number of aromatic nitrogens is 2. The normalized spacial score (nSPS) is 20.2. The molecule has 1 N–H and O–H groups in total. The van der Waals surface area contributed by atoms with Crippen LogP contribution >= 0.6 is 0 Å². The summed E-state index contributed by atoms with van der Waals surface area (Å²) >= 11 is 0. The molecule has 0 radical (unpaired) electrons. The lowest BCUT2D eigenvalue weighted by Crippen LogP contribution is -2.53. The molecule has 100 valence electrons. The van der Waals surface area contributed by atoms with Gasteiger partial charge in [-0.2, -0.15) is 0 Å². The Hall–Kier alpha value is -1.68. The maximum Gasteiger partial charge on any atom is 0.161 e. The highest BCUT2D eigenvalue weighted by molar-refractivity contribution is 5.76. The largest absolute Gasteiger partial charge is 0.354 e. The number of hydrogen-bond donors (Lipinski definition) is 1. The molecule has 1 fully saturated rings. The maximum atomic E-state index is 4.68. The fraction of sp³-hybridized carbons (Fsp3) is 0.467. The average molecular weight is 256 g/mol. The molecule has 3 rings (SSSR count). The number of rotatable bonds is 2. The molecule has 0 aliphatic carbocycles. The van der Waals surface area contributed by atoms with Crippen LogP contribution in [0, 0.1) is 5.92 Å². The van der Waals surface area contributed by atoms with Crippen molar-refractivity contribution in [3.05, 3.63) is 30.5 Å². The Morgan fingerprint density at radius 3 is 3.05 bits per heavy atom. The first-order valence-corrected chi connectivity index (χ1v) is 6.94. The Bertz CT molecular complexity index is 567. The van der Waals surface area contributed by atoms with Crippen LogP contribution in [0.25, 0.3) is 11.0 Å². The van der Waals surface area contributed by atoms with Crippen LogP contribution in [0.1, 0.15) is 13.8 Å². The third kappa shape index (κ3) is 2.54. The monoisotopic (exact) mass is 256 g/mol. The van der Waals surface area contributed by atoms with Crippen molar-refractivity contribution in [3.8, 4) is 0 Å². The first-order chi connectivity index (χ1) is 9.24. The molecule has 3 heterocycles. The van der Waals surface area contributed by atoms with Gasteiger partial charge in [-0.1, -0.05) is 13.8 Å². The zero-order valence-corrected chi connectivity index (χ0v) is 11.5. The fourth-order valence-corrected chi connectivity index (χ4v) is 2.55. The Morgan fingerprint density at radius 1 is 1.32 bits per heavy atom. The van der Waals surface area contributed by atoms with Gasteiger partial charge >= 0.3 is 0 Å². The van der Waals surface area contributed by atoms with Crippen LogP contribution in [0.4, 0.5) is 5.82 Å². The van der Waals surface area contributed by atoms with E-state index in [4.69, 9.17) is 0 Å². The van der Waals surface area contributed by atoms with Crippen LogP contribution in [-0.2, 0) is 0 Å². The smallest absolute Gasteiger partial charge is 0.161 e. The molecule has 0 aromatic carbocycles. The molecular formula is C15H20N4. The summed E-state index contributed by atoms with van der Waals surface area (Å²) in [5, 5.41) is 4.67. The molecule has 2 aromatic rings. The van der Waals surface area contributed by atoms with E-state index in [0.717, 1.165) is 36.5 Å². The third-order valence-electron chi connectivity index (χ3n) is 3.78. The molecule has 0 saturated carbocycles. The molecule has 1 aliphatic rings. The maximum absolute atomic E-state index is 4.68. The Labute approximate surface area is 113 Å². The quantitative estimate of drug-likeness (QED) is 0.893. The SMILES string of the molecule is CC(C)C1CN(c2ccc3cccnc3n2)CCN1. The van der Waals surface area contributed by atoms with Crippen LogP contribution in [0.3, 0.4) is 0 Å². The van der Waals surface area contributed by atoms with E-state index in [1.165, 1.54) is 0 Å². The summed E-state index contributed by atoms with van der Waals surface area (Å²) in [6.45, 7) is 7.56. The standard InChI is InChI=1S/C15H20N4/c1-11(2)13-10-19(9-8-16-13)14-6-5-12-4-3-7-17-15(12)18-14/h3-7,11,13,16H,8-10H2,1-2H3. The predicted molar refractivity (Wildman–Crippen MR) is 78.4 cm³/mol. The van der Waals surface area contributed by atoms with Gasteiger partial charge in [0.15, 0.2) is 5.65 Å². The van der Waals surface area contributed by atoms with Gasteiger partial charge in [-0.25, -0.2) is 9.97 Å². The van der Waals surface area contributed by atoms with Crippen molar-refractivity contribution in [1.29, 1.82) is 0 Å². The second kappa shape index (κ2) is 5.13. The Balaban J connectivity index is 1.87. The van der Waals surface area contributed by atoms with Gasteiger partial charge in [0.05, 0.1) is 0 Å². The predicted octanol–water partition coefficient (Wildman–Crippen LogP) is 2.06. The zero-order valence-electron chi connectivity index (χ0n) is 11.5. The number of anilines is 1. The van der Waals surface area contributed by atoms with E-state index >= 15 is 0 Å². The summed E-state index contributed by atoms with van der Waals surface area (Å²) in [6, 6.07) is 8.75. The summed E-state index contributed by atoms with van der Waals surface area (Å²) < 4.78 is 0. The number of nitrogens with one attached hydrogen (secondary N) is 1. The molecular weight excluding hydrogens is 236 g/mol. The molecule has 1 unspecified atom stereocenters. The van der Waals surface area contributed by atoms with Crippen molar-refractivity contribution in [2.75, 3.05) is 24.5 Å². The highest BCUT2D eigenvalue weighted by Crippen LogP contribution is 2.19. The molecule has 0 bridgehead atoms. The second-order valence-electron chi connectivity index (χ2n) is 5.47. The van der Waals surface area contributed by atoms with E-state index in [-0.39, 0.29) is 0 Å². The van der Waals surface area contributed by atoms with Gasteiger partial charge in [-0.05, 0) is 30.2 Å². The summed E-state index contributed by atoms with van der Waals surface area (Å²) in [5.74, 6) is 1.68. The van der Waals surface area contributed by atoms with E-state index in [2.05, 4.69) is 46.2 Å². The molecule has 1 saturated heterocycles. The van der Waals surface area contributed by atoms with Gasteiger partial charge in [0.25, 0.3) is 0 Å². The minimum atomic E-state index is 0.537. The first kappa shape index (κ1) is 12.4. The molecule has 0 spiro atoms. The second-order valence-corrected chi connectivity index (χ2v) is 5.47. The number of fused-ring (bicyclic) bond motifs is 1. The average Bonchev–Trinajstić information content (AvgIpc) is 2.47. The van der Waals surface area contributed by atoms with Crippen molar-refractivity contribution < 1.29 is 0 Å². The van der Waals surface area contributed by atoms with Gasteiger partial charge in [0.1, 0.15) is 5.82 Å². The van der Waals surface area contributed by atoms with Crippen LogP contribution < -0.4 is 10.2 Å². The van der Waals surface area contributed by atoms with Gasteiger partial charge in [0, 0.05) is 37.3 Å². The van der Waals surface area contributed by atoms with Crippen molar-refractivity contribution in [2.24, 2.45) is 5.92 Å². The number of hydrogen-bond acceptors (Lipinski definition) is 4. The highest BCUT2D eigenvalue weighted by atomic mass is 15.2. The molecule has 2 aromatic heterocycles. The van der Waals surface area contributed by atoms with Gasteiger partial charge in [-0.15, -0.1) is 0 Å². The summed E-state index contributed by atoms with van der Waals surface area (Å²) in [6.07, 6.45) is 1.80. The Kier molecular flexibility index (Phi) is 3.34. The number of pyridine rings is 2. The molecule has 19 heavy (non-hydrogen) atoms. The van der Waals surface area contributed by atoms with Gasteiger partial charge in [-0.3, -0.25) is 0 Å². The Morgan fingerprint density at radius 2 is 2.21 bits per heavy atom. The first-order valence-electron chi connectivity index (χ1n) is 6.94. The van der Waals surface area contributed by atoms with Gasteiger partial charge in [0.2, 0.25) is 0 Å². The van der Waals surface area contributed by atoms with E-state index < -0.39 is 0 Å². The van der Waals surface area contributed by atoms with Crippen LogP contribution in [0.15, 0.2) is 30.5 Å². The van der Waals surface area contributed by atoms with Crippen molar-refractivity contribution in [2.45, 2.75) is 19.9 Å². The van der Waals surface area contributed by atoms with Crippen molar-refractivity contribution in [3.63, 3.8) is 0 Å². The molecule has 1 atom stereocenters. The summed E-state index contributed by atoms with van der Waals surface area (Å²) in [5.41, 5.74) is 0.833. The van der Waals surface area contributed by atoms with E-state index in [9.17, 15) is 0 Å². The minimum absolute atomic E-state index is 0.537. The lowest BCUT2D eigenvalue weighted by atomic mass is 10.0.